The van der Waals surface area contributed by atoms with E-state index in [0.717, 1.165) is 34.5 Å². The van der Waals surface area contributed by atoms with E-state index in [1.165, 1.54) is 19.3 Å². The molecule has 0 saturated heterocycles. The number of hydrogen-bond acceptors (Lipinski definition) is 5. The Morgan fingerprint density at radius 3 is 2.61 bits per heavy atom. The van der Waals surface area contributed by atoms with Gasteiger partial charge >= 0.3 is 5.97 Å². The quantitative estimate of drug-likeness (QED) is 0.405. The molecule has 6 nitrogen and oxygen atoms in total. The number of hydrogen-bond donors (Lipinski definition) is 1. The van der Waals surface area contributed by atoms with Crippen LogP contribution in [0, 0.1) is 0 Å². The fraction of sp³-hybridized carbons (Fsp3) is 0.542. The lowest BCUT2D eigenvalue weighted by atomic mass is 10.1. The predicted molar refractivity (Wildman–Crippen MR) is 124 cm³/mol. The molecule has 1 amide bonds. The summed E-state index contributed by atoms with van der Waals surface area (Å²) in [7, 11) is 1.86. The van der Waals surface area contributed by atoms with Crippen molar-refractivity contribution in [1.29, 1.82) is 0 Å². The number of ether oxygens (including phenoxy) is 1. The van der Waals surface area contributed by atoms with E-state index >= 15 is 0 Å². The van der Waals surface area contributed by atoms with E-state index in [0.29, 0.717) is 19.6 Å². The Labute approximate surface area is 189 Å². The van der Waals surface area contributed by atoms with Gasteiger partial charge in [0, 0.05) is 48.5 Å². The molecule has 1 N–H and O–H groups in total. The van der Waals surface area contributed by atoms with Crippen molar-refractivity contribution in [3.8, 4) is 11.3 Å². The molecular weight excluding hydrogens is 412 g/mol. The number of aromatic nitrogens is 1. The average Bonchev–Trinajstić information content (AvgIpc) is 3.22. The van der Waals surface area contributed by atoms with Gasteiger partial charge < -0.3 is 14.7 Å². The maximum atomic E-state index is 12.3. The number of pyridine rings is 1. The minimum Gasteiger partial charge on any atom is -0.479 e. The van der Waals surface area contributed by atoms with E-state index in [4.69, 9.17) is 4.74 Å². The molecule has 2 aromatic heterocycles. The molecule has 0 aromatic carbocycles. The minimum atomic E-state index is -0.965. The summed E-state index contributed by atoms with van der Waals surface area (Å²) in [6, 6.07) is 5.86. The Kier molecular flexibility index (Phi) is 10.7. The van der Waals surface area contributed by atoms with Crippen molar-refractivity contribution >= 4 is 23.2 Å². The summed E-state index contributed by atoms with van der Waals surface area (Å²) in [5, 5.41) is 11.3. The molecule has 2 aromatic rings. The second-order valence-electron chi connectivity index (χ2n) is 7.75. The van der Waals surface area contributed by atoms with Crippen LogP contribution >= 0.6 is 11.3 Å². The van der Waals surface area contributed by atoms with Gasteiger partial charge in [0.1, 0.15) is 0 Å². The van der Waals surface area contributed by atoms with Crippen LogP contribution in [0.3, 0.4) is 0 Å². The van der Waals surface area contributed by atoms with E-state index in [2.05, 4.69) is 18.0 Å². The summed E-state index contributed by atoms with van der Waals surface area (Å²) in [4.78, 5) is 31.0. The van der Waals surface area contributed by atoms with Gasteiger partial charge in [0.25, 0.3) is 0 Å². The third-order valence-corrected chi connectivity index (χ3v) is 6.07. The van der Waals surface area contributed by atoms with E-state index in [1.807, 2.05) is 24.6 Å². The Morgan fingerprint density at radius 2 is 1.97 bits per heavy atom. The van der Waals surface area contributed by atoms with Crippen LogP contribution in [0.15, 0.2) is 29.8 Å². The lowest BCUT2D eigenvalue weighted by molar-refractivity contribution is -0.150. The Balaban J connectivity index is 1.88. The van der Waals surface area contributed by atoms with Crippen molar-refractivity contribution in [3.05, 3.63) is 40.2 Å². The predicted octanol–water partition coefficient (Wildman–Crippen LogP) is 5.16. The molecule has 0 fully saturated rings. The number of carbonyl (C=O) groups excluding carboxylic acids is 1. The lowest BCUT2D eigenvalue weighted by Gasteiger charge is -2.16. The van der Waals surface area contributed by atoms with Gasteiger partial charge in [-0.25, -0.2) is 4.79 Å². The highest BCUT2D eigenvalue weighted by molar-refractivity contribution is 7.10. The Morgan fingerprint density at radius 1 is 1.19 bits per heavy atom. The number of carbonyl (C=O) groups is 2. The molecule has 7 heteroatoms. The van der Waals surface area contributed by atoms with Crippen molar-refractivity contribution in [2.24, 2.45) is 0 Å². The molecule has 1 atom stereocenters. The maximum Gasteiger partial charge on any atom is 0.333 e. The molecule has 0 radical (unpaired) electrons. The molecule has 2 heterocycles. The number of nitrogens with zero attached hydrogens (tertiary/aromatic N) is 2. The molecule has 0 saturated carbocycles. The molecule has 1 unspecified atom stereocenters. The molecule has 2 rings (SSSR count). The molecule has 31 heavy (non-hydrogen) atoms. The van der Waals surface area contributed by atoms with Crippen LogP contribution < -0.4 is 0 Å². The van der Waals surface area contributed by atoms with Crippen molar-refractivity contribution in [3.63, 3.8) is 0 Å². The van der Waals surface area contributed by atoms with Gasteiger partial charge in [0.05, 0.1) is 12.2 Å². The summed E-state index contributed by atoms with van der Waals surface area (Å²) in [5.41, 5.74) is 2.66. The number of carboxylic acid groups (broad SMARTS) is 1. The van der Waals surface area contributed by atoms with Crippen molar-refractivity contribution in [2.75, 3.05) is 13.7 Å². The standard InChI is InChI=1S/C24H34N2O4S/c1-4-6-7-8-9-10-23(27)26(3)16-20-14-19(17-31-20)21-12-11-18(15-25-21)13-22(24(28)29)30-5-2/h11-12,14-15,17,22H,4-10,13,16H2,1-3H3,(H,28,29). The Hall–Kier alpha value is -2.25. The van der Waals surface area contributed by atoms with Gasteiger partial charge in [-0.15, -0.1) is 11.3 Å². The monoisotopic (exact) mass is 446 g/mol. The van der Waals surface area contributed by atoms with Crippen LogP contribution in [0.5, 0.6) is 0 Å². The molecule has 170 valence electrons. The fourth-order valence-corrected chi connectivity index (χ4v) is 4.27. The second kappa shape index (κ2) is 13.2. The number of unbranched alkanes of at least 4 members (excludes halogenated alkanes) is 4. The van der Waals surface area contributed by atoms with Crippen LogP contribution in [-0.4, -0.2) is 46.6 Å². The normalized spacial score (nSPS) is 12.0. The number of rotatable bonds is 14. The first-order valence-electron chi connectivity index (χ1n) is 11.1. The third kappa shape index (κ3) is 8.42. The van der Waals surface area contributed by atoms with Gasteiger partial charge in [-0.2, -0.15) is 0 Å². The van der Waals surface area contributed by atoms with E-state index in [1.54, 1.807) is 29.4 Å². The number of amides is 1. The Bertz CT molecular complexity index is 819. The first kappa shape index (κ1) is 25.0. The highest BCUT2D eigenvalue weighted by atomic mass is 32.1. The van der Waals surface area contributed by atoms with Gasteiger partial charge in [-0.05, 0) is 31.0 Å². The topological polar surface area (TPSA) is 79.7 Å². The maximum absolute atomic E-state index is 12.3. The summed E-state index contributed by atoms with van der Waals surface area (Å²) < 4.78 is 5.27. The first-order valence-corrected chi connectivity index (χ1v) is 11.9. The fourth-order valence-electron chi connectivity index (χ4n) is 3.34. The zero-order chi connectivity index (χ0) is 22.6. The van der Waals surface area contributed by atoms with Gasteiger partial charge in [0.15, 0.2) is 6.10 Å². The minimum absolute atomic E-state index is 0.191. The summed E-state index contributed by atoms with van der Waals surface area (Å²) in [5.74, 6) is -0.774. The number of aliphatic carboxylic acids is 1. The zero-order valence-corrected chi connectivity index (χ0v) is 19.6. The van der Waals surface area contributed by atoms with Crippen LogP contribution in [-0.2, 0) is 27.3 Å². The van der Waals surface area contributed by atoms with Crippen LogP contribution in [0.25, 0.3) is 11.3 Å². The van der Waals surface area contributed by atoms with Gasteiger partial charge in [-0.1, -0.05) is 38.7 Å². The smallest absolute Gasteiger partial charge is 0.333 e. The van der Waals surface area contributed by atoms with E-state index in [9.17, 15) is 14.7 Å². The van der Waals surface area contributed by atoms with Crippen molar-refractivity contribution in [1.82, 2.24) is 9.88 Å². The lowest BCUT2D eigenvalue weighted by Crippen LogP contribution is -2.26. The molecule has 0 aliphatic heterocycles. The van der Waals surface area contributed by atoms with Crippen LogP contribution in [0.4, 0.5) is 0 Å². The van der Waals surface area contributed by atoms with Gasteiger partial charge in [0.2, 0.25) is 5.91 Å². The highest BCUT2D eigenvalue weighted by Gasteiger charge is 2.18. The summed E-state index contributed by atoms with van der Waals surface area (Å²) in [6.45, 7) is 4.93. The molecule has 0 bridgehead atoms. The van der Waals surface area contributed by atoms with Crippen LogP contribution in [0.1, 0.15) is 62.8 Å². The number of thiophene rings is 1. The number of carboxylic acids is 1. The van der Waals surface area contributed by atoms with E-state index in [-0.39, 0.29) is 12.3 Å². The largest absolute Gasteiger partial charge is 0.479 e. The average molecular weight is 447 g/mol. The van der Waals surface area contributed by atoms with E-state index < -0.39 is 12.1 Å². The molecular formula is C24H34N2O4S. The van der Waals surface area contributed by atoms with Crippen molar-refractivity contribution in [2.45, 2.75) is 71.4 Å². The third-order valence-electron chi connectivity index (χ3n) is 5.15. The second-order valence-corrected chi connectivity index (χ2v) is 8.75. The SMILES string of the molecule is CCCCCCCC(=O)N(C)Cc1cc(-c2ccc(CC(OCC)C(=O)O)cn2)cs1. The first-order chi connectivity index (χ1) is 14.9. The van der Waals surface area contributed by atoms with Crippen molar-refractivity contribution < 1.29 is 19.4 Å². The summed E-state index contributed by atoms with van der Waals surface area (Å²) >= 11 is 1.62. The highest BCUT2D eigenvalue weighted by Crippen LogP contribution is 2.25. The zero-order valence-electron chi connectivity index (χ0n) is 18.8. The summed E-state index contributed by atoms with van der Waals surface area (Å²) in [6.07, 6.45) is 7.48. The van der Waals surface area contributed by atoms with Crippen LogP contribution in [0.2, 0.25) is 0 Å². The molecule has 0 spiro atoms. The molecule has 0 aliphatic carbocycles. The van der Waals surface area contributed by atoms with Gasteiger partial charge in [-0.3, -0.25) is 9.78 Å². The molecule has 0 aliphatic rings.